The van der Waals surface area contributed by atoms with E-state index >= 15 is 0 Å². The molecule has 1 heterocycles. The molecule has 0 spiro atoms. The van der Waals surface area contributed by atoms with E-state index in [0.717, 1.165) is 30.4 Å². The number of methoxy groups -OCH3 is 1. The largest absolute Gasteiger partial charge is 0.496 e. The van der Waals surface area contributed by atoms with Crippen LogP contribution in [0.4, 0.5) is 11.4 Å². The number of hydrogen-bond donors (Lipinski definition) is 2. The third-order valence-corrected chi connectivity index (χ3v) is 6.10. The van der Waals surface area contributed by atoms with Crippen LogP contribution < -0.4 is 20.3 Å². The minimum Gasteiger partial charge on any atom is -0.496 e. The van der Waals surface area contributed by atoms with Crippen LogP contribution in [0.15, 0.2) is 40.9 Å². The lowest BCUT2D eigenvalue weighted by atomic mass is 9.99. The van der Waals surface area contributed by atoms with E-state index in [4.69, 9.17) is 28.6 Å². The molecule has 0 bridgehead atoms. The normalized spacial score (nSPS) is 14.4. The fourth-order valence-corrected chi connectivity index (χ4v) is 4.29. The number of carbonyl (C=O) groups excluding carboxylic acids is 1. The molecule has 0 radical (unpaired) electrons. The van der Waals surface area contributed by atoms with Gasteiger partial charge >= 0.3 is 0 Å². The van der Waals surface area contributed by atoms with Crippen molar-refractivity contribution in [2.24, 2.45) is 5.92 Å². The van der Waals surface area contributed by atoms with Gasteiger partial charge in [-0.25, -0.2) is 0 Å². The van der Waals surface area contributed by atoms with Gasteiger partial charge in [-0.3, -0.25) is 10.1 Å². The monoisotopic (exact) mass is 495 g/mol. The smallest absolute Gasteiger partial charge is 0.257 e. The minimum atomic E-state index is -0.309. The summed E-state index contributed by atoms with van der Waals surface area (Å²) in [5, 5.41) is 6.57. The number of anilines is 2. The third-order valence-electron chi connectivity index (χ3n) is 4.97. The van der Waals surface area contributed by atoms with Crippen molar-refractivity contribution < 1.29 is 9.53 Å². The van der Waals surface area contributed by atoms with Gasteiger partial charge in [0.25, 0.3) is 5.91 Å². The van der Waals surface area contributed by atoms with Crippen molar-refractivity contribution in [1.82, 2.24) is 5.32 Å². The predicted octanol–water partition coefficient (Wildman–Crippen LogP) is 5.47. The Hall–Kier alpha value is -1.83. The van der Waals surface area contributed by atoms with Gasteiger partial charge in [-0.15, -0.1) is 0 Å². The highest BCUT2D eigenvalue weighted by molar-refractivity contribution is 9.10. The van der Waals surface area contributed by atoms with Crippen LogP contribution in [0.25, 0.3) is 0 Å². The van der Waals surface area contributed by atoms with Crippen LogP contribution in [0.1, 0.15) is 30.1 Å². The average molecular weight is 497 g/mol. The molecule has 1 saturated heterocycles. The van der Waals surface area contributed by atoms with Gasteiger partial charge in [0.15, 0.2) is 5.11 Å². The molecule has 0 aromatic heterocycles. The first-order valence-corrected chi connectivity index (χ1v) is 11.0. The van der Waals surface area contributed by atoms with Crippen molar-refractivity contribution in [3.63, 3.8) is 0 Å². The fraction of sp³-hybridized carbons (Fsp3) is 0.333. The fourth-order valence-electron chi connectivity index (χ4n) is 3.24. The first-order chi connectivity index (χ1) is 13.9. The number of halogens is 2. The molecular weight excluding hydrogens is 474 g/mol. The van der Waals surface area contributed by atoms with Gasteiger partial charge < -0.3 is 15.0 Å². The average Bonchev–Trinajstić information content (AvgIpc) is 2.69. The zero-order chi connectivity index (χ0) is 21.0. The van der Waals surface area contributed by atoms with Crippen molar-refractivity contribution in [1.29, 1.82) is 0 Å². The molecule has 2 aromatic rings. The molecule has 3 rings (SSSR count). The summed E-state index contributed by atoms with van der Waals surface area (Å²) < 4.78 is 5.87. The molecule has 154 valence electrons. The van der Waals surface area contributed by atoms with Gasteiger partial charge in [-0.05, 0) is 83.3 Å². The molecular formula is C21H23BrClN3O2S. The molecule has 1 amide bonds. The van der Waals surface area contributed by atoms with Gasteiger partial charge in [-0.1, -0.05) is 18.5 Å². The number of nitrogens with one attached hydrogen (secondary N) is 2. The topological polar surface area (TPSA) is 53.6 Å². The number of nitrogens with zero attached hydrogens (tertiary/aromatic N) is 1. The minimum absolute atomic E-state index is 0.206. The predicted molar refractivity (Wildman–Crippen MR) is 126 cm³/mol. The maximum Gasteiger partial charge on any atom is 0.257 e. The Balaban J connectivity index is 1.61. The standard InChI is InChI=1S/C21H23BrClN3O2S/c1-13-7-9-26(10-8-13)18-5-4-15(12-17(18)23)24-21(29)25-20(27)14-3-6-19(28-2)16(22)11-14/h3-6,11-13H,7-10H2,1-2H3,(H2,24,25,27,29). The van der Waals surface area contributed by atoms with E-state index in [9.17, 15) is 4.79 Å². The van der Waals surface area contributed by atoms with E-state index in [1.54, 1.807) is 25.3 Å². The number of hydrogen-bond acceptors (Lipinski definition) is 4. The molecule has 2 aromatic carbocycles. The lowest BCUT2D eigenvalue weighted by Gasteiger charge is -2.32. The highest BCUT2D eigenvalue weighted by Gasteiger charge is 2.18. The molecule has 2 N–H and O–H groups in total. The number of benzene rings is 2. The SMILES string of the molecule is COc1ccc(C(=O)NC(=S)Nc2ccc(N3CCC(C)CC3)c(Cl)c2)cc1Br. The van der Waals surface area contributed by atoms with E-state index < -0.39 is 0 Å². The second kappa shape index (κ2) is 9.78. The summed E-state index contributed by atoms with van der Waals surface area (Å²) in [5.41, 5.74) is 2.22. The summed E-state index contributed by atoms with van der Waals surface area (Å²) in [6, 6.07) is 10.8. The Morgan fingerprint density at radius 3 is 2.59 bits per heavy atom. The summed E-state index contributed by atoms with van der Waals surface area (Å²) in [6.45, 7) is 4.31. The van der Waals surface area contributed by atoms with Crippen LogP contribution in [0.3, 0.4) is 0 Å². The van der Waals surface area contributed by atoms with Gasteiger partial charge in [0, 0.05) is 24.3 Å². The molecule has 1 fully saturated rings. The van der Waals surface area contributed by atoms with Crippen LogP contribution in [0.2, 0.25) is 5.02 Å². The second-order valence-corrected chi connectivity index (χ2v) is 8.76. The van der Waals surface area contributed by atoms with E-state index in [-0.39, 0.29) is 11.0 Å². The quantitative estimate of drug-likeness (QED) is 0.549. The number of ether oxygens (including phenoxy) is 1. The summed E-state index contributed by atoms with van der Waals surface area (Å²) in [7, 11) is 1.57. The Labute approximate surface area is 189 Å². The van der Waals surface area contributed by atoms with E-state index in [2.05, 4.69) is 38.4 Å². The molecule has 0 aliphatic carbocycles. The molecule has 1 aliphatic rings. The Kier molecular flexibility index (Phi) is 7.38. The van der Waals surface area contributed by atoms with Crippen molar-refractivity contribution in [3.05, 3.63) is 51.5 Å². The summed E-state index contributed by atoms with van der Waals surface area (Å²) in [5.74, 6) is 1.11. The van der Waals surface area contributed by atoms with Crippen LogP contribution in [-0.4, -0.2) is 31.2 Å². The van der Waals surface area contributed by atoms with Gasteiger partial charge in [-0.2, -0.15) is 0 Å². The van der Waals surface area contributed by atoms with Gasteiger partial charge in [0.05, 0.1) is 22.3 Å². The van der Waals surface area contributed by atoms with Crippen LogP contribution >= 0.6 is 39.7 Å². The van der Waals surface area contributed by atoms with Crippen LogP contribution in [-0.2, 0) is 0 Å². The number of carbonyl (C=O) groups is 1. The second-order valence-electron chi connectivity index (χ2n) is 7.09. The number of amides is 1. The van der Waals surface area contributed by atoms with Crippen LogP contribution in [0.5, 0.6) is 5.75 Å². The highest BCUT2D eigenvalue weighted by Crippen LogP contribution is 2.32. The molecule has 0 saturated carbocycles. The number of rotatable bonds is 4. The van der Waals surface area contributed by atoms with E-state index in [1.165, 1.54) is 12.8 Å². The summed E-state index contributed by atoms with van der Waals surface area (Å²) >= 11 is 15.1. The van der Waals surface area contributed by atoms with Crippen molar-refractivity contribution >= 4 is 62.1 Å². The van der Waals surface area contributed by atoms with Gasteiger partial charge in [0.1, 0.15) is 5.75 Å². The maximum absolute atomic E-state index is 12.4. The number of piperidine rings is 1. The molecule has 8 heteroatoms. The Morgan fingerprint density at radius 1 is 1.24 bits per heavy atom. The van der Waals surface area contributed by atoms with Crippen molar-refractivity contribution in [3.8, 4) is 5.75 Å². The lowest BCUT2D eigenvalue weighted by molar-refractivity contribution is 0.0977. The Morgan fingerprint density at radius 2 is 1.97 bits per heavy atom. The molecule has 0 unspecified atom stereocenters. The van der Waals surface area contributed by atoms with E-state index in [0.29, 0.717) is 20.8 Å². The Bertz CT molecular complexity index is 917. The first kappa shape index (κ1) is 21.9. The zero-order valence-electron chi connectivity index (χ0n) is 16.3. The molecule has 1 aliphatic heterocycles. The molecule has 29 heavy (non-hydrogen) atoms. The third kappa shape index (κ3) is 5.62. The zero-order valence-corrected chi connectivity index (χ0v) is 19.5. The van der Waals surface area contributed by atoms with E-state index in [1.807, 2.05) is 18.2 Å². The van der Waals surface area contributed by atoms with Crippen LogP contribution in [0, 0.1) is 5.92 Å². The van der Waals surface area contributed by atoms with Gasteiger partial charge in [0.2, 0.25) is 0 Å². The van der Waals surface area contributed by atoms with Crippen molar-refractivity contribution in [2.45, 2.75) is 19.8 Å². The highest BCUT2D eigenvalue weighted by atomic mass is 79.9. The first-order valence-electron chi connectivity index (χ1n) is 9.37. The number of thiocarbonyl (C=S) groups is 1. The molecule has 5 nitrogen and oxygen atoms in total. The summed E-state index contributed by atoms with van der Waals surface area (Å²) in [6.07, 6.45) is 2.35. The maximum atomic E-state index is 12.4. The lowest BCUT2D eigenvalue weighted by Crippen LogP contribution is -2.34. The molecule has 0 atom stereocenters. The summed E-state index contributed by atoms with van der Waals surface area (Å²) in [4.78, 5) is 14.7. The van der Waals surface area contributed by atoms with Crippen molar-refractivity contribution in [2.75, 3.05) is 30.4 Å².